The van der Waals surface area contributed by atoms with Gasteiger partial charge >= 0.3 is 0 Å². The first kappa shape index (κ1) is 13.5. The summed E-state index contributed by atoms with van der Waals surface area (Å²) in [7, 11) is 0. The summed E-state index contributed by atoms with van der Waals surface area (Å²) in [6, 6.07) is 5.40. The van der Waals surface area contributed by atoms with Crippen LogP contribution in [0, 0.1) is 11.7 Å². The van der Waals surface area contributed by atoms with Crippen LogP contribution < -0.4 is 0 Å². The van der Waals surface area contributed by atoms with Crippen LogP contribution >= 0.6 is 31.9 Å². The second-order valence-electron chi connectivity index (χ2n) is 4.85. The van der Waals surface area contributed by atoms with Gasteiger partial charge in [0.2, 0.25) is 0 Å². The van der Waals surface area contributed by atoms with E-state index in [0.29, 0.717) is 10.7 Å². The van der Waals surface area contributed by atoms with Crippen LogP contribution in [0.3, 0.4) is 0 Å². The van der Waals surface area contributed by atoms with Crippen molar-refractivity contribution in [3.05, 3.63) is 34.1 Å². The largest absolute Gasteiger partial charge is 0.207 e. The third-order valence-corrected chi connectivity index (χ3v) is 5.26. The maximum Gasteiger partial charge on any atom is 0.127 e. The van der Waals surface area contributed by atoms with E-state index in [2.05, 4.69) is 31.9 Å². The summed E-state index contributed by atoms with van der Waals surface area (Å²) in [5.74, 6) is 0.497. The Hall–Kier alpha value is 0.110. The molecule has 0 saturated heterocycles. The van der Waals surface area contributed by atoms with E-state index in [4.69, 9.17) is 0 Å². The molecule has 1 aliphatic carbocycles. The average molecular weight is 364 g/mol. The molecule has 0 radical (unpaired) electrons. The minimum absolute atomic E-state index is 0.0803. The molecule has 0 amide bonds. The van der Waals surface area contributed by atoms with Crippen LogP contribution in [0.15, 0.2) is 22.7 Å². The third kappa shape index (κ3) is 3.78. The zero-order valence-electron chi connectivity index (χ0n) is 9.76. The quantitative estimate of drug-likeness (QED) is 0.482. The fourth-order valence-electron chi connectivity index (χ4n) is 2.54. The number of hydrogen-bond acceptors (Lipinski definition) is 0. The van der Waals surface area contributed by atoms with Gasteiger partial charge in [0.1, 0.15) is 5.82 Å². The molecule has 0 nitrogen and oxygen atoms in total. The second kappa shape index (κ2) is 6.33. The number of hydrogen-bond donors (Lipinski definition) is 0. The predicted molar refractivity (Wildman–Crippen MR) is 77.1 cm³/mol. The average Bonchev–Trinajstić information content (AvgIpc) is 2.48. The maximum atomic E-state index is 13.8. The lowest BCUT2D eigenvalue weighted by Crippen LogP contribution is -2.16. The molecule has 0 N–H and O–H groups in total. The zero-order valence-corrected chi connectivity index (χ0v) is 12.9. The molecule has 1 aromatic rings. The van der Waals surface area contributed by atoms with Crippen molar-refractivity contribution in [2.75, 3.05) is 0 Å². The third-order valence-electron chi connectivity index (χ3n) is 3.56. The second-order valence-corrected chi connectivity index (χ2v) is 6.95. The topological polar surface area (TPSA) is 0 Å². The number of rotatable bonds is 2. The van der Waals surface area contributed by atoms with E-state index in [1.807, 2.05) is 12.1 Å². The SMILES string of the molecule is Fc1cc(Br)ccc1CC1CCCCCC1Br. The van der Waals surface area contributed by atoms with Gasteiger partial charge in [0.25, 0.3) is 0 Å². The van der Waals surface area contributed by atoms with E-state index in [-0.39, 0.29) is 5.82 Å². The Kier molecular flexibility index (Phi) is 5.04. The van der Waals surface area contributed by atoms with Gasteiger partial charge in [0.15, 0.2) is 0 Å². The van der Waals surface area contributed by atoms with Gasteiger partial charge < -0.3 is 0 Å². The van der Waals surface area contributed by atoms with Crippen LogP contribution in [0.1, 0.15) is 37.7 Å². The van der Waals surface area contributed by atoms with E-state index in [1.165, 1.54) is 32.1 Å². The highest BCUT2D eigenvalue weighted by Gasteiger charge is 2.22. The molecule has 0 heterocycles. The first-order valence-corrected chi connectivity index (χ1v) is 7.95. The van der Waals surface area contributed by atoms with Gasteiger partial charge in [0.05, 0.1) is 0 Å². The molecule has 1 fully saturated rings. The summed E-state index contributed by atoms with van der Waals surface area (Å²) in [4.78, 5) is 0.549. The molecule has 2 rings (SSSR count). The standard InChI is InChI=1S/C14H17Br2F/c15-12-7-6-11(14(17)9-12)8-10-4-2-1-3-5-13(10)16/h6-7,9-10,13H,1-5,8H2. The normalized spacial score (nSPS) is 25.6. The van der Waals surface area contributed by atoms with E-state index >= 15 is 0 Å². The molecule has 0 bridgehead atoms. The highest BCUT2D eigenvalue weighted by atomic mass is 79.9. The molecule has 2 unspecified atom stereocenters. The lowest BCUT2D eigenvalue weighted by molar-refractivity contribution is 0.464. The molecule has 94 valence electrons. The smallest absolute Gasteiger partial charge is 0.127 e. The maximum absolute atomic E-state index is 13.8. The summed E-state index contributed by atoms with van der Waals surface area (Å²) in [5, 5.41) is 0. The molecule has 17 heavy (non-hydrogen) atoms. The molecule has 0 aromatic heterocycles. The number of benzene rings is 1. The number of halogens is 3. The molecular weight excluding hydrogens is 347 g/mol. The van der Waals surface area contributed by atoms with Gasteiger partial charge in [-0.15, -0.1) is 0 Å². The van der Waals surface area contributed by atoms with Crippen molar-refractivity contribution in [1.29, 1.82) is 0 Å². The molecule has 1 aromatic carbocycles. The fourth-order valence-corrected chi connectivity index (χ4v) is 3.65. The summed E-state index contributed by atoms with van der Waals surface area (Å²) in [6.07, 6.45) is 7.20. The van der Waals surface area contributed by atoms with E-state index in [1.54, 1.807) is 6.07 Å². The lowest BCUT2D eigenvalue weighted by Gasteiger charge is -2.20. The van der Waals surface area contributed by atoms with Gasteiger partial charge in [-0.1, -0.05) is 57.2 Å². The van der Waals surface area contributed by atoms with Crippen LogP contribution in [0.4, 0.5) is 4.39 Å². The predicted octanol–water partition coefficient (Wildman–Crippen LogP) is 5.47. The van der Waals surface area contributed by atoms with Crippen molar-refractivity contribution in [3.8, 4) is 0 Å². The Morgan fingerprint density at radius 1 is 1.18 bits per heavy atom. The van der Waals surface area contributed by atoms with Crippen molar-refractivity contribution in [2.24, 2.45) is 5.92 Å². The monoisotopic (exact) mass is 362 g/mol. The Labute approximate surface area is 119 Å². The first-order valence-electron chi connectivity index (χ1n) is 6.25. The van der Waals surface area contributed by atoms with Crippen LogP contribution in [-0.2, 0) is 6.42 Å². The molecule has 2 atom stereocenters. The summed E-state index contributed by atoms with van der Waals surface area (Å²) in [5.41, 5.74) is 0.851. The summed E-state index contributed by atoms with van der Waals surface area (Å²) < 4.78 is 14.6. The van der Waals surface area contributed by atoms with Gasteiger partial charge in [-0.2, -0.15) is 0 Å². The van der Waals surface area contributed by atoms with Crippen LogP contribution in [0.2, 0.25) is 0 Å². The molecule has 0 aliphatic heterocycles. The minimum Gasteiger partial charge on any atom is -0.207 e. The Morgan fingerprint density at radius 3 is 2.71 bits per heavy atom. The van der Waals surface area contributed by atoms with E-state index < -0.39 is 0 Å². The van der Waals surface area contributed by atoms with Crippen LogP contribution in [0.25, 0.3) is 0 Å². The Bertz CT molecular complexity index is 378. The molecule has 1 saturated carbocycles. The van der Waals surface area contributed by atoms with Crippen molar-refractivity contribution in [2.45, 2.75) is 43.4 Å². The molecule has 0 spiro atoms. The Balaban J connectivity index is 2.08. The van der Waals surface area contributed by atoms with E-state index in [9.17, 15) is 4.39 Å². The van der Waals surface area contributed by atoms with Gasteiger partial charge in [-0.25, -0.2) is 4.39 Å². The van der Waals surface area contributed by atoms with E-state index in [0.717, 1.165) is 16.5 Å². The van der Waals surface area contributed by atoms with Crippen molar-refractivity contribution >= 4 is 31.9 Å². The number of alkyl halides is 1. The van der Waals surface area contributed by atoms with Gasteiger partial charge in [0, 0.05) is 9.30 Å². The zero-order chi connectivity index (χ0) is 12.3. The fraction of sp³-hybridized carbons (Fsp3) is 0.571. The van der Waals surface area contributed by atoms with Crippen molar-refractivity contribution in [1.82, 2.24) is 0 Å². The van der Waals surface area contributed by atoms with Crippen molar-refractivity contribution in [3.63, 3.8) is 0 Å². The first-order chi connectivity index (χ1) is 8.16. The minimum atomic E-state index is -0.0803. The summed E-state index contributed by atoms with van der Waals surface area (Å²) >= 11 is 7.07. The lowest BCUT2D eigenvalue weighted by atomic mass is 9.92. The van der Waals surface area contributed by atoms with Gasteiger partial charge in [-0.3, -0.25) is 0 Å². The summed E-state index contributed by atoms with van der Waals surface area (Å²) in [6.45, 7) is 0. The molecular formula is C14H17Br2F. The molecule has 1 aliphatic rings. The van der Waals surface area contributed by atoms with Crippen molar-refractivity contribution < 1.29 is 4.39 Å². The Morgan fingerprint density at radius 2 is 1.94 bits per heavy atom. The van der Waals surface area contributed by atoms with Crippen LogP contribution in [-0.4, -0.2) is 4.83 Å². The molecule has 3 heteroatoms. The van der Waals surface area contributed by atoms with Gasteiger partial charge in [-0.05, 0) is 42.9 Å². The van der Waals surface area contributed by atoms with Crippen LogP contribution in [0.5, 0.6) is 0 Å². The highest BCUT2D eigenvalue weighted by Crippen LogP contribution is 2.32. The highest BCUT2D eigenvalue weighted by molar-refractivity contribution is 9.10.